The van der Waals surface area contributed by atoms with E-state index in [4.69, 9.17) is 0 Å². The Hall–Kier alpha value is -0.820. The second-order valence-electron chi connectivity index (χ2n) is 7.12. The van der Waals surface area contributed by atoms with Crippen LogP contribution in [0.1, 0.15) is 44.4 Å². The van der Waals surface area contributed by atoms with Crippen molar-refractivity contribution in [2.45, 2.75) is 48.1 Å². The summed E-state index contributed by atoms with van der Waals surface area (Å²) >= 11 is 0. The number of hydrogen-bond donors (Lipinski definition) is 1. The predicted molar refractivity (Wildman–Crippen MR) is 78.7 cm³/mol. The van der Waals surface area contributed by atoms with E-state index in [2.05, 4.69) is 65.1 Å². The molecule has 2 rings (SSSR count). The van der Waals surface area contributed by atoms with Gasteiger partial charge in [-0.25, -0.2) is 0 Å². The van der Waals surface area contributed by atoms with Crippen molar-refractivity contribution in [3.8, 4) is 0 Å². The molecule has 0 amide bonds. The average molecular weight is 245 g/mol. The third-order valence-corrected chi connectivity index (χ3v) is 5.28. The zero-order valence-corrected chi connectivity index (χ0v) is 12.7. The minimum atomic E-state index is 0.489. The fourth-order valence-electron chi connectivity index (χ4n) is 3.38. The highest BCUT2D eigenvalue weighted by Gasteiger charge is 2.63. The van der Waals surface area contributed by atoms with E-state index in [0.29, 0.717) is 10.8 Å². The zero-order valence-electron chi connectivity index (χ0n) is 12.7. The molecule has 0 unspecified atom stereocenters. The lowest BCUT2D eigenvalue weighted by atomic mass is 10.0. The van der Waals surface area contributed by atoms with E-state index >= 15 is 0 Å². The van der Waals surface area contributed by atoms with Gasteiger partial charge in [-0.3, -0.25) is 0 Å². The molecule has 0 atom stereocenters. The largest absolute Gasteiger partial charge is 0.312 e. The van der Waals surface area contributed by atoms with Crippen LogP contribution in [-0.4, -0.2) is 6.54 Å². The van der Waals surface area contributed by atoms with E-state index in [9.17, 15) is 0 Å². The van der Waals surface area contributed by atoms with Crippen molar-refractivity contribution in [1.29, 1.82) is 0 Å². The van der Waals surface area contributed by atoms with Crippen LogP contribution in [-0.2, 0) is 6.54 Å². The lowest BCUT2D eigenvalue weighted by Gasteiger charge is -2.08. The van der Waals surface area contributed by atoms with Crippen LogP contribution in [0.15, 0.2) is 18.2 Å². The maximum Gasteiger partial charge on any atom is 0.0205 e. The molecule has 1 N–H and O–H groups in total. The summed E-state index contributed by atoms with van der Waals surface area (Å²) < 4.78 is 0. The highest BCUT2D eigenvalue weighted by Crippen LogP contribution is 2.67. The smallest absolute Gasteiger partial charge is 0.0205 e. The third-order valence-electron chi connectivity index (χ3n) is 5.28. The van der Waals surface area contributed by atoms with Crippen LogP contribution in [0.4, 0.5) is 0 Å². The topological polar surface area (TPSA) is 12.0 Å². The van der Waals surface area contributed by atoms with Gasteiger partial charge in [0.2, 0.25) is 0 Å². The van der Waals surface area contributed by atoms with E-state index in [-0.39, 0.29) is 0 Å². The Bertz CT molecular complexity index is 409. The maximum absolute atomic E-state index is 3.63. The molecule has 1 aromatic carbocycles. The molecule has 1 aliphatic carbocycles. The van der Waals surface area contributed by atoms with E-state index in [1.165, 1.54) is 16.7 Å². The van der Waals surface area contributed by atoms with Crippen LogP contribution in [0.2, 0.25) is 0 Å². The minimum Gasteiger partial charge on any atom is -0.312 e. The summed E-state index contributed by atoms with van der Waals surface area (Å²) in [5.41, 5.74) is 5.10. The van der Waals surface area contributed by atoms with Gasteiger partial charge < -0.3 is 5.32 Å². The van der Waals surface area contributed by atoms with Crippen LogP contribution in [0.3, 0.4) is 0 Å². The number of hydrogen-bond acceptors (Lipinski definition) is 1. The fraction of sp³-hybridized carbons (Fsp3) is 0.647. The summed E-state index contributed by atoms with van der Waals surface area (Å²) in [6.45, 7) is 16.0. The third kappa shape index (κ3) is 2.33. The highest BCUT2D eigenvalue weighted by molar-refractivity contribution is 5.28. The maximum atomic E-state index is 3.63. The van der Waals surface area contributed by atoms with Gasteiger partial charge in [-0.2, -0.15) is 0 Å². The number of aryl methyl sites for hydroxylation is 2. The highest BCUT2D eigenvalue weighted by atomic mass is 14.9. The molecule has 1 aliphatic rings. The second-order valence-corrected chi connectivity index (χ2v) is 7.12. The molecule has 0 heterocycles. The second kappa shape index (κ2) is 4.38. The van der Waals surface area contributed by atoms with Gasteiger partial charge in [0.15, 0.2) is 0 Å². The van der Waals surface area contributed by atoms with E-state index < -0.39 is 0 Å². The SMILES string of the molecule is Cc1cc(C)cc(CNCC2C(C)(C)C2(C)C)c1. The normalized spacial score (nSPS) is 21.0. The van der Waals surface area contributed by atoms with Gasteiger partial charge in [0.25, 0.3) is 0 Å². The van der Waals surface area contributed by atoms with Gasteiger partial charge in [0.05, 0.1) is 0 Å². The number of nitrogens with one attached hydrogen (secondary N) is 1. The Kier molecular flexibility index (Phi) is 3.31. The molecule has 0 aliphatic heterocycles. The van der Waals surface area contributed by atoms with Crippen molar-refractivity contribution in [2.75, 3.05) is 6.54 Å². The van der Waals surface area contributed by atoms with Crippen LogP contribution >= 0.6 is 0 Å². The molecular formula is C17H27N. The Balaban J connectivity index is 1.87. The molecule has 100 valence electrons. The first kappa shape index (κ1) is 13.6. The predicted octanol–water partition coefficient (Wildman–Crippen LogP) is 4.08. The Morgan fingerprint density at radius 3 is 1.89 bits per heavy atom. The first-order valence-corrected chi connectivity index (χ1v) is 7.03. The summed E-state index contributed by atoms with van der Waals surface area (Å²) in [6, 6.07) is 6.79. The van der Waals surface area contributed by atoms with Crippen LogP contribution < -0.4 is 5.32 Å². The van der Waals surface area contributed by atoms with Gasteiger partial charge in [-0.1, -0.05) is 57.0 Å². The first-order valence-electron chi connectivity index (χ1n) is 7.03. The molecule has 1 nitrogen and oxygen atoms in total. The molecule has 1 heteroatoms. The van der Waals surface area contributed by atoms with Gasteiger partial charge in [0, 0.05) is 6.54 Å². The van der Waals surface area contributed by atoms with Crippen LogP contribution in [0, 0.1) is 30.6 Å². The van der Waals surface area contributed by atoms with Crippen molar-refractivity contribution in [2.24, 2.45) is 16.7 Å². The molecule has 0 radical (unpaired) electrons. The van der Waals surface area contributed by atoms with Crippen molar-refractivity contribution < 1.29 is 0 Å². The van der Waals surface area contributed by atoms with E-state index in [1.54, 1.807) is 0 Å². The Morgan fingerprint density at radius 1 is 0.944 bits per heavy atom. The molecular weight excluding hydrogens is 218 g/mol. The molecule has 0 spiro atoms. The fourth-order valence-corrected chi connectivity index (χ4v) is 3.38. The minimum absolute atomic E-state index is 0.489. The molecule has 0 aromatic heterocycles. The van der Waals surface area contributed by atoms with Crippen molar-refractivity contribution >= 4 is 0 Å². The van der Waals surface area contributed by atoms with Gasteiger partial charge in [-0.05, 0) is 42.7 Å². The lowest BCUT2D eigenvalue weighted by molar-refractivity contribution is 0.457. The molecule has 1 aromatic rings. The van der Waals surface area contributed by atoms with E-state index in [1.807, 2.05) is 0 Å². The standard InChI is InChI=1S/C17H27N/c1-12-7-13(2)9-14(8-12)10-18-11-15-16(3,4)17(15,5)6/h7-9,15,18H,10-11H2,1-6H3. The van der Waals surface area contributed by atoms with Crippen LogP contribution in [0.25, 0.3) is 0 Å². The molecule has 18 heavy (non-hydrogen) atoms. The summed E-state index contributed by atoms with van der Waals surface area (Å²) in [7, 11) is 0. The molecule has 0 saturated heterocycles. The van der Waals surface area contributed by atoms with Gasteiger partial charge in [-0.15, -0.1) is 0 Å². The zero-order chi connectivity index (χ0) is 13.6. The van der Waals surface area contributed by atoms with Gasteiger partial charge in [0.1, 0.15) is 0 Å². The molecule has 0 bridgehead atoms. The lowest BCUT2D eigenvalue weighted by Crippen LogP contribution is -2.19. The Morgan fingerprint density at radius 2 is 1.44 bits per heavy atom. The van der Waals surface area contributed by atoms with Gasteiger partial charge >= 0.3 is 0 Å². The Labute approximate surface area is 112 Å². The summed E-state index contributed by atoms with van der Waals surface area (Å²) in [5, 5.41) is 3.63. The molecule has 1 saturated carbocycles. The molecule has 1 fully saturated rings. The first-order chi connectivity index (χ1) is 8.25. The van der Waals surface area contributed by atoms with Crippen molar-refractivity contribution in [3.05, 3.63) is 34.9 Å². The summed E-state index contributed by atoms with van der Waals surface area (Å²) in [6.07, 6.45) is 0. The van der Waals surface area contributed by atoms with E-state index in [0.717, 1.165) is 19.0 Å². The van der Waals surface area contributed by atoms with Crippen molar-refractivity contribution in [3.63, 3.8) is 0 Å². The number of benzene rings is 1. The van der Waals surface area contributed by atoms with Crippen molar-refractivity contribution in [1.82, 2.24) is 5.32 Å². The monoisotopic (exact) mass is 245 g/mol. The summed E-state index contributed by atoms with van der Waals surface area (Å²) in [4.78, 5) is 0. The van der Waals surface area contributed by atoms with Crippen LogP contribution in [0.5, 0.6) is 0 Å². The summed E-state index contributed by atoms with van der Waals surface area (Å²) in [5.74, 6) is 0.802. The quantitative estimate of drug-likeness (QED) is 0.843. The number of rotatable bonds is 4. The average Bonchev–Trinajstić information content (AvgIpc) is 2.59.